The normalized spacial score (nSPS) is 13.2. The van der Waals surface area contributed by atoms with Gasteiger partial charge in [0.1, 0.15) is 5.94 Å². The minimum absolute atomic E-state index is 0.377. The van der Waals surface area contributed by atoms with Gasteiger partial charge in [-0.1, -0.05) is 19.9 Å². The van der Waals surface area contributed by atoms with Crippen LogP contribution in [0.1, 0.15) is 20.8 Å². The van der Waals surface area contributed by atoms with Gasteiger partial charge in [0, 0.05) is 12.3 Å². The van der Waals surface area contributed by atoms with Crippen LogP contribution in [0.25, 0.3) is 0 Å². The van der Waals surface area contributed by atoms with Crippen molar-refractivity contribution >= 4 is 24.4 Å². The molecular weight excluding hydrogens is 196 g/mol. The quantitative estimate of drug-likeness (QED) is 0.305. The molecule has 0 N–H and O–H groups in total. The molecule has 4 heteroatoms. The maximum Gasteiger partial charge on any atom is 0.237 e. The molecule has 0 aliphatic heterocycles. The van der Waals surface area contributed by atoms with Crippen LogP contribution in [0.15, 0.2) is 21.9 Å². The smallest absolute Gasteiger partial charge is 0.237 e. The third kappa shape index (κ3) is 4.46. The van der Waals surface area contributed by atoms with Crippen LogP contribution >= 0.6 is 11.8 Å². The molecule has 0 saturated heterocycles. The van der Waals surface area contributed by atoms with Crippen molar-refractivity contribution < 1.29 is 4.74 Å². The molecule has 0 saturated carbocycles. The number of hydrogen-bond donors (Lipinski definition) is 0. The van der Waals surface area contributed by atoms with Crippen LogP contribution in [0.3, 0.4) is 0 Å². The van der Waals surface area contributed by atoms with Crippen LogP contribution in [0.4, 0.5) is 0 Å². The molecule has 0 aliphatic carbocycles. The maximum atomic E-state index is 5.46. The fourth-order valence-electron chi connectivity index (χ4n) is 1.05. The van der Waals surface area contributed by atoms with Gasteiger partial charge in [-0.3, -0.25) is 0 Å². The summed E-state index contributed by atoms with van der Waals surface area (Å²) in [5.41, 5.74) is 1.06. The van der Waals surface area contributed by atoms with Gasteiger partial charge in [-0.2, -0.15) is 5.10 Å². The van der Waals surface area contributed by atoms with Crippen molar-refractivity contribution in [2.75, 3.05) is 12.2 Å². The zero-order valence-electron chi connectivity index (χ0n) is 9.28. The Balaban J connectivity index is 4.63. The first kappa shape index (κ1) is 13.2. The van der Waals surface area contributed by atoms with E-state index in [1.54, 1.807) is 11.8 Å². The van der Waals surface area contributed by atoms with Crippen molar-refractivity contribution in [3.05, 3.63) is 11.6 Å². The highest BCUT2D eigenvalue weighted by atomic mass is 32.2. The van der Waals surface area contributed by atoms with E-state index in [9.17, 15) is 0 Å². The highest BCUT2D eigenvalue weighted by Gasteiger charge is 2.11. The van der Waals surface area contributed by atoms with Gasteiger partial charge in [0.15, 0.2) is 0 Å². The summed E-state index contributed by atoms with van der Waals surface area (Å²) in [4.78, 5) is 0. The van der Waals surface area contributed by atoms with E-state index in [2.05, 4.69) is 30.8 Å². The van der Waals surface area contributed by atoms with E-state index in [0.29, 0.717) is 17.8 Å². The Morgan fingerprint density at radius 3 is 2.57 bits per heavy atom. The lowest BCUT2D eigenvalue weighted by molar-refractivity contribution is 0.375. The standard InChI is InChI=1S/C10H18N2OS/c1-6-9(8(2)3)10(12-11-4)13-7-14-5/h6,8H,4,7H2,1-3,5H3/b9-6-,12-10+. The van der Waals surface area contributed by atoms with Crippen molar-refractivity contribution in [3.8, 4) is 0 Å². The molecule has 0 aliphatic rings. The van der Waals surface area contributed by atoms with Gasteiger partial charge in [-0.25, -0.2) is 0 Å². The van der Waals surface area contributed by atoms with Crippen molar-refractivity contribution in [1.82, 2.24) is 0 Å². The molecule has 3 nitrogen and oxygen atoms in total. The second kappa shape index (κ2) is 7.62. The zero-order valence-corrected chi connectivity index (χ0v) is 10.1. The topological polar surface area (TPSA) is 34.0 Å². The Hall–Kier alpha value is -0.770. The lowest BCUT2D eigenvalue weighted by Crippen LogP contribution is -2.12. The molecule has 0 bridgehead atoms. The summed E-state index contributed by atoms with van der Waals surface area (Å²) >= 11 is 1.60. The van der Waals surface area contributed by atoms with E-state index in [1.165, 1.54) is 0 Å². The Morgan fingerprint density at radius 1 is 1.57 bits per heavy atom. The molecule has 0 atom stereocenters. The molecule has 80 valence electrons. The Kier molecular flexibility index (Phi) is 7.20. The first-order valence-corrected chi connectivity index (χ1v) is 5.88. The van der Waals surface area contributed by atoms with E-state index < -0.39 is 0 Å². The van der Waals surface area contributed by atoms with E-state index in [0.717, 1.165) is 5.57 Å². The minimum Gasteiger partial charge on any atom is -0.465 e. The van der Waals surface area contributed by atoms with Crippen molar-refractivity contribution in [2.24, 2.45) is 16.1 Å². The Bertz CT molecular complexity index is 234. The number of hydrogen-bond acceptors (Lipinski definition) is 4. The van der Waals surface area contributed by atoms with Gasteiger partial charge >= 0.3 is 0 Å². The second-order valence-electron chi connectivity index (χ2n) is 3.00. The van der Waals surface area contributed by atoms with Gasteiger partial charge in [0.25, 0.3) is 0 Å². The number of thioether (sulfide) groups is 1. The third-order valence-corrected chi connectivity index (χ3v) is 2.01. The predicted octanol–water partition coefficient (Wildman–Crippen LogP) is 2.94. The average Bonchev–Trinajstić information content (AvgIpc) is 2.14. The summed E-state index contributed by atoms with van der Waals surface area (Å²) in [6.07, 6.45) is 3.97. The fraction of sp³-hybridized carbons (Fsp3) is 0.600. The third-order valence-electron chi connectivity index (χ3n) is 1.65. The van der Waals surface area contributed by atoms with Gasteiger partial charge in [0.05, 0.1) is 0 Å². The van der Waals surface area contributed by atoms with Crippen molar-refractivity contribution in [1.29, 1.82) is 0 Å². The lowest BCUT2D eigenvalue weighted by atomic mass is 10.0. The van der Waals surface area contributed by atoms with Crippen LogP contribution in [-0.2, 0) is 4.74 Å². The highest BCUT2D eigenvalue weighted by molar-refractivity contribution is 7.98. The number of allylic oxidation sites excluding steroid dienone is 1. The zero-order chi connectivity index (χ0) is 11.0. The van der Waals surface area contributed by atoms with E-state index in [4.69, 9.17) is 4.74 Å². The summed E-state index contributed by atoms with van der Waals surface area (Å²) in [5.74, 6) is 1.53. The molecule has 0 rings (SSSR count). The molecule has 0 aromatic heterocycles. The summed E-state index contributed by atoms with van der Waals surface area (Å²) in [6.45, 7) is 9.49. The van der Waals surface area contributed by atoms with Gasteiger partial charge in [-0.05, 0) is 19.1 Å². The van der Waals surface area contributed by atoms with Crippen LogP contribution < -0.4 is 0 Å². The lowest BCUT2D eigenvalue weighted by Gasteiger charge is -2.13. The summed E-state index contributed by atoms with van der Waals surface area (Å²) in [5, 5.41) is 7.38. The number of ether oxygens (including phenoxy) is 1. The molecule has 0 fully saturated rings. The van der Waals surface area contributed by atoms with E-state index in [-0.39, 0.29) is 0 Å². The largest absolute Gasteiger partial charge is 0.465 e. The SMILES string of the molecule is C=N/N=C(OCSC)\C(=C/C)C(C)C. The predicted molar refractivity (Wildman–Crippen MR) is 65.0 cm³/mol. The van der Waals surface area contributed by atoms with Gasteiger partial charge in [0.2, 0.25) is 5.90 Å². The molecule has 0 radical (unpaired) electrons. The molecule has 0 aromatic carbocycles. The Labute approximate surface area is 90.3 Å². The van der Waals surface area contributed by atoms with Crippen LogP contribution in [0.5, 0.6) is 0 Å². The monoisotopic (exact) mass is 214 g/mol. The molecule has 0 amide bonds. The first-order valence-electron chi connectivity index (χ1n) is 4.49. The van der Waals surface area contributed by atoms with Crippen LogP contribution in [0, 0.1) is 5.92 Å². The van der Waals surface area contributed by atoms with Crippen molar-refractivity contribution in [3.63, 3.8) is 0 Å². The van der Waals surface area contributed by atoms with Gasteiger partial charge in [-0.15, -0.1) is 16.9 Å². The van der Waals surface area contributed by atoms with Crippen LogP contribution in [-0.4, -0.2) is 24.8 Å². The molecule has 0 heterocycles. The highest BCUT2D eigenvalue weighted by Crippen LogP contribution is 2.13. The Morgan fingerprint density at radius 2 is 2.21 bits per heavy atom. The van der Waals surface area contributed by atoms with Crippen LogP contribution in [0.2, 0.25) is 0 Å². The maximum absolute atomic E-state index is 5.46. The molecule has 14 heavy (non-hydrogen) atoms. The number of rotatable bonds is 5. The summed E-state index contributed by atoms with van der Waals surface area (Å²) < 4.78 is 5.46. The molecule has 0 aromatic rings. The van der Waals surface area contributed by atoms with Gasteiger partial charge < -0.3 is 4.74 Å². The first-order chi connectivity index (χ1) is 6.67. The minimum atomic E-state index is 0.377. The number of nitrogens with zero attached hydrogens (tertiary/aromatic N) is 2. The fourth-order valence-corrected chi connectivity index (χ4v) is 1.28. The summed E-state index contributed by atoms with van der Waals surface area (Å²) in [6, 6.07) is 0. The molecular formula is C10H18N2OS. The van der Waals surface area contributed by atoms with Crippen molar-refractivity contribution in [2.45, 2.75) is 20.8 Å². The summed E-state index contributed by atoms with van der Waals surface area (Å²) in [7, 11) is 0. The van der Waals surface area contributed by atoms with E-state index >= 15 is 0 Å². The molecule has 0 unspecified atom stereocenters. The average molecular weight is 214 g/mol. The molecule has 0 spiro atoms. The van der Waals surface area contributed by atoms with E-state index in [1.807, 2.05) is 19.3 Å². The second-order valence-corrected chi connectivity index (χ2v) is 3.81.